The first-order chi connectivity index (χ1) is 13.3. The molecule has 0 saturated carbocycles. The Morgan fingerprint density at radius 1 is 0.931 bits per heavy atom. The molecule has 0 aliphatic carbocycles. The molecule has 0 saturated heterocycles. The minimum absolute atomic E-state index is 0.380. The Kier molecular flexibility index (Phi) is 6.65. The molecular weight excluding hydrogens is 442 g/mol. The standard InChI is InChI=1S/C17H14F3S.CHF3O3S/c1-2-12-7-3-5-9-14(12)16-11-13-8-4-6-10-15(13)21(16)17(18,19)20;2-1(3,4)8(5,6)7/h3-11H,2H2,1H3;(H,5,6,7)/q+1;/p-1. The molecule has 3 nitrogen and oxygen atoms in total. The summed E-state index contributed by atoms with van der Waals surface area (Å²) < 4.78 is 100. The molecule has 11 heteroatoms. The molecule has 1 heterocycles. The summed E-state index contributed by atoms with van der Waals surface area (Å²) in [6.45, 7) is 1.97. The highest BCUT2D eigenvalue weighted by atomic mass is 32.2. The van der Waals surface area contributed by atoms with E-state index in [9.17, 15) is 26.3 Å². The van der Waals surface area contributed by atoms with Gasteiger partial charge in [-0.2, -0.15) is 13.2 Å². The summed E-state index contributed by atoms with van der Waals surface area (Å²) in [5.74, 6) is 0. The van der Waals surface area contributed by atoms with Crippen LogP contribution in [0.15, 0.2) is 54.6 Å². The number of benzene rings is 2. The summed E-state index contributed by atoms with van der Waals surface area (Å²) in [6, 6.07) is 15.9. The van der Waals surface area contributed by atoms with E-state index >= 15 is 0 Å². The normalized spacial score (nSPS) is 13.2. The van der Waals surface area contributed by atoms with Crippen molar-refractivity contribution in [2.24, 2.45) is 0 Å². The third-order valence-electron chi connectivity index (χ3n) is 3.82. The Morgan fingerprint density at radius 2 is 1.45 bits per heavy atom. The Labute approximate surface area is 165 Å². The second-order valence-electron chi connectivity index (χ2n) is 5.71. The summed E-state index contributed by atoms with van der Waals surface area (Å²) in [4.78, 5) is 0.390. The SMILES string of the molecule is CCc1ccccc1-c1cc2ccccc2[s+]1C(F)(F)F.O=S(=O)([O-])C(F)(F)F. The van der Waals surface area contributed by atoms with Gasteiger partial charge in [-0.3, -0.25) is 0 Å². The molecule has 0 N–H and O–H groups in total. The van der Waals surface area contributed by atoms with Crippen molar-refractivity contribution in [3.05, 3.63) is 60.2 Å². The number of hydrogen-bond acceptors (Lipinski definition) is 3. The lowest BCUT2D eigenvalue weighted by atomic mass is 10.0. The van der Waals surface area contributed by atoms with Crippen LogP contribution in [-0.4, -0.2) is 18.5 Å². The van der Waals surface area contributed by atoms with Gasteiger partial charge >= 0.3 is 11.0 Å². The summed E-state index contributed by atoms with van der Waals surface area (Å²) in [5.41, 5.74) is -8.22. The fraction of sp³-hybridized carbons (Fsp3) is 0.222. The molecule has 1 unspecified atom stereocenters. The van der Waals surface area contributed by atoms with Crippen LogP contribution in [0, 0.1) is 0 Å². The van der Waals surface area contributed by atoms with Crippen LogP contribution in [0.1, 0.15) is 12.5 Å². The molecular formula is C18H14F6O3S2. The van der Waals surface area contributed by atoms with E-state index in [4.69, 9.17) is 13.0 Å². The molecule has 0 bridgehead atoms. The van der Waals surface area contributed by atoms with E-state index in [2.05, 4.69) is 0 Å². The van der Waals surface area contributed by atoms with Gasteiger partial charge in [-0.1, -0.05) is 37.3 Å². The summed E-state index contributed by atoms with van der Waals surface area (Å²) >= 11 is 0. The molecule has 0 radical (unpaired) electrons. The zero-order valence-electron chi connectivity index (χ0n) is 14.7. The van der Waals surface area contributed by atoms with Gasteiger partial charge in [0.15, 0.2) is 19.7 Å². The van der Waals surface area contributed by atoms with E-state index in [1.54, 1.807) is 42.5 Å². The van der Waals surface area contributed by atoms with Gasteiger partial charge in [0.05, 0.1) is 0 Å². The number of halogens is 6. The molecule has 29 heavy (non-hydrogen) atoms. The second kappa shape index (κ2) is 8.33. The summed E-state index contributed by atoms with van der Waals surface area (Å²) in [5, 5.41) is 0.680. The molecule has 0 aliphatic rings. The van der Waals surface area contributed by atoms with E-state index in [0.717, 1.165) is 17.5 Å². The van der Waals surface area contributed by atoms with Gasteiger partial charge in [0.2, 0.25) is 0 Å². The van der Waals surface area contributed by atoms with Crippen LogP contribution in [0.4, 0.5) is 26.3 Å². The van der Waals surface area contributed by atoms with Gasteiger partial charge in [0.1, 0.15) is 10.5 Å². The van der Waals surface area contributed by atoms with Crippen LogP contribution in [0.5, 0.6) is 0 Å². The Hall–Kier alpha value is -2.11. The van der Waals surface area contributed by atoms with Gasteiger partial charge in [-0.15, -0.1) is 13.2 Å². The van der Waals surface area contributed by atoms with Crippen molar-refractivity contribution in [1.29, 1.82) is 0 Å². The molecule has 1 aromatic heterocycles. The topological polar surface area (TPSA) is 57.2 Å². The maximum atomic E-state index is 13.6. The smallest absolute Gasteiger partial charge is 0.601 e. The number of thiophene rings is 1. The Balaban J connectivity index is 0.000000321. The highest BCUT2D eigenvalue weighted by molar-refractivity contribution is 7.86. The number of rotatable bonds is 2. The van der Waals surface area contributed by atoms with E-state index in [0.29, 0.717) is 15.0 Å². The zero-order chi connectivity index (χ0) is 22.0. The minimum Gasteiger partial charge on any atom is -0.741 e. The molecule has 3 aromatic rings. The van der Waals surface area contributed by atoms with Gasteiger partial charge in [0.25, 0.3) is 0 Å². The van der Waals surface area contributed by atoms with Crippen LogP contribution in [0.25, 0.3) is 20.5 Å². The van der Waals surface area contributed by atoms with Crippen molar-refractivity contribution >= 4 is 30.7 Å². The first-order valence-electron chi connectivity index (χ1n) is 7.99. The first kappa shape index (κ1) is 23.2. The van der Waals surface area contributed by atoms with Crippen molar-refractivity contribution in [3.8, 4) is 10.4 Å². The Bertz CT molecular complexity index is 1100. The van der Waals surface area contributed by atoms with E-state index in [-0.39, 0.29) is 0 Å². The molecule has 0 aliphatic heterocycles. The molecule has 0 fully saturated rings. The van der Waals surface area contributed by atoms with Crippen LogP contribution in [0.2, 0.25) is 0 Å². The van der Waals surface area contributed by atoms with Crippen LogP contribution < -0.4 is 0 Å². The molecule has 0 spiro atoms. The first-order valence-corrected chi connectivity index (χ1v) is 10.6. The largest absolute Gasteiger partial charge is 0.741 e. The van der Waals surface area contributed by atoms with Gasteiger partial charge in [-0.25, -0.2) is 8.42 Å². The minimum atomic E-state index is -6.09. The van der Waals surface area contributed by atoms with Crippen molar-refractivity contribution < 1.29 is 39.3 Å². The second-order valence-corrected chi connectivity index (χ2v) is 9.04. The Morgan fingerprint density at radius 3 is 1.97 bits per heavy atom. The number of hydrogen-bond donors (Lipinski definition) is 0. The lowest BCUT2D eigenvalue weighted by molar-refractivity contribution is -0.0864. The third-order valence-corrected chi connectivity index (χ3v) is 6.44. The zero-order valence-corrected chi connectivity index (χ0v) is 16.3. The maximum absolute atomic E-state index is 13.6. The van der Waals surface area contributed by atoms with Crippen LogP contribution in [0.3, 0.4) is 0 Å². The van der Waals surface area contributed by atoms with E-state index in [1.807, 2.05) is 19.1 Å². The quantitative estimate of drug-likeness (QED) is 0.196. The summed E-state index contributed by atoms with van der Waals surface area (Å²) in [6.07, 6.45) is 0.721. The number of fused-ring (bicyclic) bond motifs is 1. The molecule has 3 rings (SSSR count). The van der Waals surface area contributed by atoms with Crippen LogP contribution >= 0.6 is 10.5 Å². The number of alkyl halides is 6. The maximum Gasteiger partial charge on any atom is 0.601 e. The molecule has 2 aromatic carbocycles. The third kappa shape index (κ3) is 5.28. The molecule has 158 valence electrons. The van der Waals surface area contributed by atoms with Crippen molar-refractivity contribution in [2.45, 2.75) is 24.4 Å². The average Bonchev–Trinajstić information content (AvgIpc) is 3.00. The predicted octanol–water partition coefficient (Wildman–Crippen LogP) is 6.35. The predicted molar refractivity (Wildman–Crippen MR) is 98.3 cm³/mol. The van der Waals surface area contributed by atoms with Crippen molar-refractivity contribution in [3.63, 3.8) is 0 Å². The molecule has 1 atom stereocenters. The fourth-order valence-corrected chi connectivity index (χ4v) is 4.59. The molecule has 0 amide bonds. The van der Waals surface area contributed by atoms with E-state index < -0.39 is 31.6 Å². The highest BCUT2D eigenvalue weighted by Gasteiger charge is 2.48. The van der Waals surface area contributed by atoms with Gasteiger partial charge in [0, 0.05) is 17.0 Å². The van der Waals surface area contributed by atoms with E-state index in [1.165, 1.54) is 0 Å². The van der Waals surface area contributed by atoms with Crippen molar-refractivity contribution in [2.75, 3.05) is 0 Å². The summed E-state index contributed by atoms with van der Waals surface area (Å²) in [7, 11) is -7.95. The average molecular weight is 456 g/mol. The van der Waals surface area contributed by atoms with Gasteiger partial charge < -0.3 is 4.55 Å². The fourth-order valence-electron chi connectivity index (χ4n) is 2.61. The van der Waals surface area contributed by atoms with Gasteiger partial charge in [-0.05, 0) is 30.2 Å². The highest BCUT2D eigenvalue weighted by Crippen LogP contribution is 2.54. The van der Waals surface area contributed by atoms with Crippen LogP contribution in [-0.2, 0) is 22.0 Å². The lowest BCUT2D eigenvalue weighted by Gasteiger charge is -2.08. The van der Waals surface area contributed by atoms with Crippen molar-refractivity contribution in [1.82, 2.24) is 0 Å². The number of aryl methyl sites for hydroxylation is 1. The monoisotopic (exact) mass is 456 g/mol. The lowest BCUT2D eigenvalue weighted by Crippen LogP contribution is -2.21.